The molecule has 0 amide bonds. The Hall–Kier alpha value is -3.80. The summed E-state index contributed by atoms with van der Waals surface area (Å²) in [5.74, 6) is -10.3. The number of hydrogen-bond donors (Lipinski definition) is 2. The number of hydrogen-bond acceptors (Lipinski definition) is 5. The van der Waals surface area contributed by atoms with Crippen molar-refractivity contribution < 1.29 is 36.2 Å². The maximum atomic E-state index is 15.1. The fourth-order valence-corrected chi connectivity index (χ4v) is 3.49. The number of nitrogens with two attached hydrogens (primary N) is 1. The SMILES string of the molecule is CC(O)(c1ccc(F)cc1)C(F)(F)CCOc1c(F)c(F)cc(-c2ccn3nc(N)nc3c2)c1F. The lowest BCUT2D eigenvalue weighted by molar-refractivity contribution is -0.184. The Labute approximate surface area is 194 Å². The number of alkyl halides is 2. The molecule has 6 nitrogen and oxygen atoms in total. The zero-order valence-electron chi connectivity index (χ0n) is 18.1. The largest absolute Gasteiger partial charge is 0.487 e. The fourth-order valence-electron chi connectivity index (χ4n) is 3.49. The molecule has 0 aliphatic rings. The molecule has 0 aliphatic carbocycles. The summed E-state index contributed by atoms with van der Waals surface area (Å²) in [6.45, 7) is -0.157. The predicted octanol–water partition coefficient (Wildman–Crippen LogP) is 4.85. The Balaban J connectivity index is 1.58. The molecule has 0 saturated carbocycles. The number of nitrogens with zero attached hydrogens (tertiary/aromatic N) is 3. The van der Waals surface area contributed by atoms with Crippen LogP contribution in [-0.2, 0) is 5.60 Å². The van der Waals surface area contributed by atoms with E-state index in [2.05, 4.69) is 10.1 Å². The first-order valence-corrected chi connectivity index (χ1v) is 10.2. The molecule has 0 spiro atoms. The van der Waals surface area contributed by atoms with Gasteiger partial charge in [-0.25, -0.2) is 26.5 Å². The second-order valence-corrected chi connectivity index (χ2v) is 7.93. The third-order valence-corrected chi connectivity index (χ3v) is 5.56. The van der Waals surface area contributed by atoms with Crippen LogP contribution in [0.3, 0.4) is 0 Å². The van der Waals surface area contributed by atoms with Crippen molar-refractivity contribution in [2.75, 3.05) is 12.3 Å². The van der Waals surface area contributed by atoms with Crippen LogP contribution in [0.15, 0.2) is 48.7 Å². The van der Waals surface area contributed by atoms with Gasteiger partial charge in [0.1, 0.15) is 5.82 Å². The molecule has 12 heteroatoms. The molecule has 0 aliphatic heterocycles. The molecule has 0 fully saturated rings. The number of anilines is 1. The van der Waals surface area contributed by atoms with E-state index in [9.17, 15) is 27.1 Å². The maximum Gasteiger partial charge on any atom is 0.283 e. The van der Waals surface area contributed by atoms with Crippen LogP contribution in [0.5, 0.6) is 5.75 Å². The summed E-state index contributed by atoms with van der Waals surface area (Å²) in [5, 5.41) is 14.2. The first-order chi connectivity index (χ1) is 16.4. The van der Waals surface area contributed by atoms with Crippen molar-refractivity contribution in [2.45, 2.75) is 24.9 Å². The van der Waals surface area contributed by atoms with Crippen molar-refractivity contribution in [3.8, 4) is 16.9 Å². The molecule has 2 heterocycles. The fraction of sp³-hybridized carbons (Fsp3) is 0.217. The molecule has 4 rings (SSSR count). The van der Waals surface area contributed by atoms with Gasteiger partial charge in [-0.05, 0) is 48.4 Å². The van der Waals surface area contributed by atoms with E-state index in [1.54, 1.807) is 0 Å². The highest BCUT2D eigenvalue weighted by atomic mass is 19.3. The monoisotopic (exact) mass is 496 g/mol. The second kappa shape index (κ2) is 8.77. The molecule has 0 bridgehead atoms. The number of benzene rings is 2. The van der Waals surface area contributed by atoms with Gasteiger partial charge in [-0.2, -0.15) is 9.37 Å². The molecule has 2 aromatic carbocycles. The van der Waals surface area contributed by atoms with Crippen molar-refractivity contribution >= 4 is 11.6 Å². The minimum absolute atomic E-state index is 0.0608. The van der Waals surface area contributed by atoms with E-state index < -0.39 is 59.1 Å². The van der Waals surface area contributed by atoms with Gasteiger partial charge in [-0.3, -0.25) is 0 Å². The van der Waals surface area contributed by atoms with Crippen LogP contribution in [0.4, 0.5) is 32.3 Å². The van der Waals surface area contributed by atoms with Crippen LogP contribution < -0.4 is 10.5 Å². The van der Waals surface area contributed by atoms with Gasteiger partial charge in [-0.15, -0.1) is 5.10 Å². The smallest absolute Gasteiger partial charge is 0.283 e. The first kappa shape index (κ1) is 24.3. The predicted molar refractivity (Wildman–Crippen MR) is 114 cm³/mol. The Kier molecular flexibility index (Phi) is 6.09. The topological polar surface area (TPSA) is 85.7 Å². The zero-order valence-corrected chi connectivity index (χ0v) is 18.1. The lowest BCUT2D eigenvalue weighted by Gasteiger charge is -2.33. The van der Waals surface area contributed by atoms with Crippen molar-refractivity contribution in [3.63, 3.8) is 0 Å². The van der Waals surface area contributed by atoms with E-state index in [4.69, 9.17) is 10.5 Å². The van der Waals surface area contributed by atoms with E-state index in [1.165, 1.54) is 22.8 Å². The molecule has 4 aromatic rings. The Morgan fingerprint density at radius 1 is 1.03 bits per heavy atom. The van der Waals surface area contributed by atoms with E-state index >= 15 is 4.39 Å². The quantitative estimate of drug-likeness (QED) is 0.282. The Morgan fingerprint density at radius 2 is 1.71 bits per heavy atom. The van der Waals surface area contributed by atoms with Crippen molar-refractivity contribution in [3.05, 3.63) is 77.5 Å². The minimum Gasteiger partial charge on any atom is -0.487 e. The maximum absolute atomic E-state index is 15.1. The van der Waals surface area contributed by atoms with Gasteiger partial charge in [0.05, 0.1) is 6.61 Å². The number of aromatic nitrogens is 3. The highest BCUT2D eigenvalue weighted by Crippen LogP contribution is 2.40. The third kappa shape index (κ3) is 4.48. The summed E-state index contributed by atoms with van der Waals surface area (Å²) >= 11 is 0. The molecule has 2 aromatic heterocycles. The second-order valence-electron chi connectivity index (χ2n) is 7.93. The highest BCUT2D eigenvalue weighted by Gasteiger charge is 2.50. The number of pyridine rings is 1. The molecule has 3 N–H and O–H groups in total. The van der Waals surface area contributed by atoms with Gasteiger partial charge in [0.2, 0.25) is 11.8 Å². The summed E-state index contributed by atoms with van der Waals surface area (Å²) in [5.41, 5.74) is 2.35. The van der Waals surface area contributed by atoms with Crippen LogP contribution >= 0.6 is 0 Å². The average Bonchev–Trinajstić information content (AvgIpc) is 3.18. The van der Waals surface area contributed by atoms with Crippen LogP contribution in [0.2, 0.25) is 0 Å². The third-order valence-electron chi connectivity index (χ3n) is 5.56. The van der Waals surface area contributed by atoms with Crippen molar-refractivity contribution in [1.29, 1.82) is 0 Å². The standard InChI is InChI=1S/C23H18F6N4O2/c1-22(34,13-2-4-14(24)5-3-13)23(28,29)7-9-35-20-18(26)15(11-16(25)19(20)27)12-6-8-33-17(10-12)31-21(30)32-33/h2-6,8,10-11,34H,7,9H2,1H3,(H2,30,32). The highest BCUT2D eigenvalue weighted by molar-refractivity contribution is 5.70. The number of fused-ring (bicyclic) bond motifs is 1. The lowest BCUT2D eigenvalue weighted by Crippen LogP contribution is -2.43. The van der Waals surface area contributed by atoms with Crippen LogP contribution in [0.25, 0.3) is 16.8 Å². The van der Waals surface area contributed by atoms with Gasteiger partial charge >= 0.3 is 0 Å². The number of nitrogen functional groups attached to an aromatic ring is 1. The molecule has 184 valence electrons. The van der Waals surface area contributed by atoms with E-state index in [-0.39, 0.29) is 22.7 Å². The first-order valence-electron chi connectivity index (χ1n) is 10.2. The van der Waals surface area contributed by atoms with E-state index in [0.717, 1.165) is 31.2 Å². The normalized spacial score (nSPS) is 13.7. The van der Waals surface area contributed by atoms with Crippen LogP contribution in [-0.4, -0.2) is 32.2 Å². The summed E-state index contributed by atoms with van der Waals surface area (Å²) in [4.78, 5) is 3.90. The minimum atomic E-state index is -3.85. The average molecular weight is 496 g/mol. The van der Waals surface area contributed by atoms with Gasteiger partial charge < -0.3 is 15.6 Å². The van der Waals surface area contributed by atoms with Gasteiger partial charge in [0.15, 0.2) is 28.6 Å². The van der Waals surface area contributed by atoms with Crippen LogP contribution in [0.1, 0.15) is 18.9 Å². The van der Waals surface area contributed by atoms with Crippen molar-refractivity contribution in [2.24, 2.45) is 0 Å². The summed E-state index contributed by atoms with van der Waals surface area (Å²) < 4.78 is 92.4. The molecule has 0 radical (unpaired) electrons. The molecule has 0 saturated heterocycles. The van der Waals surface area contributed by atoms with E-state index in [0.29, 0.717) is 6.07 Å². The number of ether oxygens (including phenoxy) is 1. The molecular formula is C23H18F6N4O2. The number of rotatable bonds is 7. The van der Waals surface area contributed by atoms with Crippen molar-refractivity contribution in [1.82, 2.24) is 14.6 Å². The van der Waals surface area contributed by atoms with Gasteiger partial charge in [0.25, 0.3) is 5.92 Å². The van der Waals surface area contributed by atoms with Gasteiger partial charge in [0, 0.05) is 18.2 Å². The van der Waals surface area contributed by atoms with E-state index in [1.807, 2.05) is 0 Å². The summed E-state index contributed by atoms with van der Waals surface area (Å²) in [6, 6.07) is 7.04. The lowest BCUT2D eigenvalue weighted by atomic mass is 9.87. The molecular weight excluding hydrogens is 478 g/mol. The number of aliphatic hydroxyl groups is 1. The Bertz CT molecular complexity index is 1390. The number of halogens is 6. The molecule has 1 atom stereocenters. The molecule has 1 unspecified atom stereocenters. The Morgan fingerprint density at radius 3 is 2.40 bits per heavy atom. The van der Waals surface area contributed by atoms with Gasteiger partial charge in [-0.1, -0.05) is 12.1 Å². The zero-order chi connectivity index (χ0) is 25.5. The van der Waals surface area contributed by atoms with Crippen LogP contribution in [0, 0.1) is 23.3 Å². The summed E-state index contributed by atoms with van der Waals surface area (Å²) in [6.07, 6.45) is 0.181. The summed E-state index contributed by atoms with van der Waals surface area (Å²) in [7, 11) is 0. The molecule has 35 heavy (non-hydrogen) atoms.